The molecule has 0 aliphatic rings. The molecule has 0 aliphatic heterocycles. The molecule has 1 radical (unpaired) electrons. The maximum atomic E-state index is 8.46. The zero-order chi connectivity index (χ0) is 2.71. The van der Waals surface area contributed by atoms with Crippen molar-refractivity contribution in [3.63, 3.8) is 0 Å². The molecule has 17 valence electrons. The summed E-state index contributed by atoms with van der Waals surface area (Å²) < 4.78 is 16.9. The second-order valence-corrected chi connectivity index (χ2v) is 0.289. The van der Waals surface area contributed by atoms with Crippen molar-refractivity contribution in [3.8, 4) is 0 Å². The Morgan fingerprint density at radius 2 is 1.75 bits per heavy atom. The van der Waals surface area contributed by atoms with Crippen LogP contribution in [0.15, 0.2) is 0 Å². The fraction of sp³-hybridized carbons (Fsp3) is 0. The SMILES string of the molecule is [Ba+].[O]=[Al][O-]. The van der Waals surface area contributed by atoms with Crippen molar-refractivity contribution in [1.82, 2.24) is 0 Å². The van der Waals surface area contributed by atoms with Crippen molar-refractivity contribution in [2.24, 2.45) is 0 Å². The Labute approximate surface area is 70.9 Å². The molecule has 0 saturated heterocycles. The molecular weight excluding hydrogens is 196 g/mol. The van der Waals surface area contributed by atoms with Gasteiger partial charge in [0.25, 0.3) is 0 Å². The summed E-state index contributed by atoms with van der Waals surface area (Å²) in [5.41, 5.74) is 0. The quantitative estimate of drug-likeness (QED) is 0.418. The monoisotopic (exact) mass is 197 g/mol. The molecule has 0 saturated carbocycles. The van der Waals surface area contributed by atoms with Gasteiger partial charge in [-0.2, -0.15) is 0 Å². The second-order valence-electron chi connectivity index (χ2n) is 0.0962. The van der Waals surface area contributed by atoms with Crippen LogP contribution in [0.2, 0.25) is 0 Å². The molecule has 0 aromatic heterocycles. The molecule has 0 atom stereocenters. The van der Waals surface area contributed by atoms with Crippen molar-refractivity contribution in [2.45, 2.75) is 0 Å². The predicted octanol–water partition coefficient (Wildman–Crippen LogP) is -2.07. The first-order chi connectivity index (χ1) is 1.41. The van der Waals surface area contributed by atoms with Crippen LogP contribution in [-0.2, 0) is 3.80 Å². The fourth-order valence-corrected chi connectivity index (χ4v) is 0. The van der Waals surface area contributed by atoms with Gasteiger partial charge in [-0.25, -0.2) is 0 Å². The summed E-state index contributed by atoms with van der Waals surface area (Å²) in [7, 11) is 0. The van der Waals surface area contributed by atoms with E-state index in [1.165, 1.54) is 0 Å². The molecule has 4 heteroatoms. The molecule has 0 aromatic rings. The average molecular weight is 196 g/mol. The van der Waals surface area contributed by atoms with Crippen LogP contribution in [0.3, 0.4) is 0 Å². The van der Waals surface area contributed by atoms with E-state index in [1.54, 1.807) is 0 Å². The molecule has 2 nitrogen and oxygen atoms in total. The first-order valence-corrected chi connectivity index (χ1v) is 1.41. The summed E-state index contributed by atoms with van der Waals surface area (Å²) in [4.78, 5) is 0. The fourth-order valence-electron chi connectivity index (χ4n) is 0. The summed E-state index contributed by atoms with van der Waals surface area (Å²) in [5, 5.41) is 0. The van der Waals surface area contributed by atoms with E-state index in [4.69, 9.17) is 7.96 Å². The summed E-state index contributed by atoms with van der Waals surface area (Å²) in [6.45, 7) is 0. The van der Waals surface area contributed by atoms with Gasteiger partial charge in [0.1, 0.15) is 0 Å². The first-order valence-electron chi connectivity index (χ1n) is 0.471. The molecule has 0 N–H and O–H groups in total. The van der Waals surface area contributed by atoms with Gasteiger partial charge in [-0.1, -0.05) is 0 Å². The number of hydrogen-bond acceptors (Lipinski definition) is 2. The van der Waals surface area contributed by atoms with E-state index in [9.17, 15) is 0 Å². The van der Waals surface area contributed by atoms with E-state index in [0.29, 0.717) is 0 Å². The van der Waals surface area contributed by atoms with Crippen molar-refractivity contribution in [2.75, 3.05) is 0 Å². The summed E-state index contributed by atoms with van der Waals surface area (Å²) in [5.74, 6) is 0. The molecule has 0 rings (SSSR count). The topological polar surface area (TPSA) is 40.1 Å². The number of hydrogen-bond donors (Lipinski definition) is 0. The zero-order valence-electron chi connectivity index (χ0n) is 2.10. The van der Waals surface area contributed by atoms with Crippen LogP contribution in [0.5, 0.6) is 0 Å². The van der Waals surface area contributed by atoms with E-state index in [-0.39, 0.29) is 48.9 Å². The molecule has 0 aromatic carbocycles. The van der Waals surface area contributed by atoms with Crippen molar-refractivity contribution < 1.29 is 7.96 Å². The normalized spacial score (nSPS) is 2.00. The summed E-state index contributed by atoms with van der Waals surface area (Å²) in [6.07, 6.45) is 0. The third kappa shape index (κ3) is 9.33. The minimum absolute atomic E-state index is 0. The summed E-state index contributed by atoms with van der Waals surface area (Å²) >= 11 is -1.75. The van der Waals surface area contributed by atoms with Gasteiger partial charge >= 0.3 is 72.3 Å². The third-order valence-corrected chi connectivity index (χ3v) is 0. The van der Waals surface area contributed by atoms with Crippen LogP contribution >= 0.6 is 0 Å². The van der Waals surface area contributed by atoms with Crippen molar-refractivity contribution >= 4 is 64.4 Å². The molecule has 0 unspecified atom stereocenters. The Bertz CT molecular complexity index is 13.5. The Hall–Kier alpha value is 1.70. The number of rotatable bonds is 0. The van der Waals surface area contributed by atoms with Crippen molar-refractivity contribution in [1.29, 1.82) is 0 Å². The van der Waals surface area contributed by atoms with E-state index < -0.39 is 15.5 Å². The Morgan fingerprint density at radius 3 is 1.75 bits per heavy atom. The van der Waals surface area contributed by atoms with Crippen LogP contribution in [0.1, 0.15) is 0 Å². The summed E-state index contributed by atoms with van der Waals surface area (Å²) in [6, 6.07) is 0. The minimum atomic E-state index is -1.75. The van der Waals surface area contributed by atoms with E-state index in [0.717, 1.165) is 0 Å². The Morgan fingerprint density at radius 1 is 1.75 bits per heavy atom. The van der Waals surface area contributed by atoms with Crippen LogP contribution in [-0.4, -0.2) is 64.4 Å². The molecule has 0 fully saturated rings. The van der Waals surface area contributed by atoms with Gasteiger partial charge in [0.15, 0.2) is 0 Å². The van der Waals surface area contributed by atoms with Gasteiger partial charge in [0.2, 0.25) is 0 Å². The van der Waals surface area contributed by atoms with E-state index in [1.807, 2.05) is 0 Å². The van der Waals surface area contributed by atoms with Gasteiger partial charge in [0.05, 0.1) is 0 Å². The van der Waals surface area contributed by atoms with E-state index in [2.05, 4.69) is 0 Å². The molecule has 0 spiro atoms. The van der Waals surface area contributed by atoms with Crippen LogP contribution in [0.25, 0.3) is 0 Å². The zero-order valence-corrected chi connectivity index (χ0v) is 7.70. The Kier molecular flexibility index (Phi) is 20.3. The van der Waals surface area contributed by atoms with Gasteiger partial charge in [-0.05, 0) is 0 Å². The maximum absolute atomic E-state index is 8.46. The molecule has 0 amide bonds. The van der Waals surface area contributed by atoms with Crippen LogP contribution in [0, 0.1) is 0 Å². The van der Waals surface area contributed by atoms with E-state index >= 15 is 0 Å². The van der Waals surface area contributed by atoms with Crippen molar-refractivity contribution in [3.05, 3.63) is 0 Å². The Balaban J connectivity index is 0. The van der Waals surface area contributed by atoms with Crippen LogP contribution < -0.4 is 4.16 Å². The molecule has 0 heterocycles. The molecular formula is AlBaO2. The van der Waals surface area contributed by atoms with Crippen LogP contribution in [0.4, 0.5) is 0 Å². The predicted molar refractivity (Wildman–Crippen MR) is 12.2 cm³/mol. The first kappa shape index (κ1) is 9.20. The molecule has 0 aliphatic carbocycles. The van der Waals surface area contributed by atoms with Gasteiger partial charge in [-0.3, -0.25) is 0 Å². The van der Waals surface area contributed by atoms with Gasteiger partial charge < -0.3 is 0 Å². The third-order valence-electron chi connectivity index (χ3n) is 0. The molecule has 0 bridgehead atoms. The second kappa shape index (κ2) is 8.83. The standard InChI is InChI=1S/Al.Ba.2O/q;+1;;-1. The van der Waals surface area contributed by atoms with Gasteiger partial charge in [0, 0.05) is 0 Å². The van der Waals surface area contributed by atoms with Gasteiger partial charge in [-0.15, -0.1) is 0 Å². The molecule has 4 heavy (non-hydrogen) atoms. The average Bonchev–Trinajstić information content (AvgIpc) is 0.918.